The summed E-state index contributed by atoms with van der Waals surface area (Å²) in [6.07, 6.45) is 5.32. The first kappa shape index (κ1) is 20.3. The quantitative estimate of drug-likeness (QED) is 0.816. The van der Waals surface area contributed by atoms with E-state index in [4.69, 9.17) is 5.73 Å². The van der Waals surface area contributed by atoms with E-state index in [9.17, 15) is 13.2 Å². The van der Waals surface area contributed by atoms with Gasteiger partial charge in [0.25, 0.3) is 0 Å². The van der Waals surface area contributed by atoms with Crippen molar-refractivity contribution in [2.24, 2.45) is 11.7 Å². The molecule has 1 aromatic rings. The molecule has 1 heterocycles. The fourth-order valence-electron chi connectivity index (χ4n) is 4.42. The van der Waals surface area contributed by atoms with Crippen molar-refractivity contribution >= 4 is 15.9 Å². The molecular weight excluding hydrogens is 362 g/mol. The predicted molar refractivity (Wildman–Crippen MR) is 106 cm³/mol. The third kappa shape index (κ3) is 4.20. The fraction of sp³-hybridized carbons (Fsp3) is 0.650. The van der Waals surface area contributed by atoms with Crippen molar-refractivity contribution in [3.8, 4) is 0 Å². The van der Waals surface area contributed by atoms with E-state index in [-0.39, 0.29) is 11.8 Å². The Labute approximate surface area is 162 Å². The van der Waals surface area contributed by atoms with Gasteiger partial charge in [0.1, 0.15) is 0 Å². The zero-order chi connectivity index (χ0) is 19.7. The van der Waals surface area contributed by atoms with Gasteiger partial charge in [-0.1, -0.05) is 25.8 Å². The summed E-state index contributed by atoms with van der Waals surface area (Å²) >= 11 is 0. The average molecular weight is 394 g/mol. The summed E-state index contributed by atoms with van der Waals surface area (Å²) in [6, 6.07) is 5.36. The number of nitrogens with two attached hydrogens (primary N) is 1. The van der Waals surface area contributed by atoms with Gasteiger partial charge in [0.2, 0.25) is 15.9 Å². The van der Waals surface area contributed by atoms with E-state index < -0.39 is 15.6 Å². The Balaban J connectivity index is 1.85. The summed E-state index contributed by atoms with van der Waals surface area (Å²) in [4.78, 5) is 13.8. The number of sulfonamides is 1. The van der Waals surface area contributed by atoms with Crippen molar-refractivity contribution in [2.45, 2.75) is 62.8 Å². The highest BCUT2D eigenvalue weighted by molar-refractivity contribution is 7.89. The van der Waals surface area contributed by atoms with Crippen LogP contribution in [0.3, 0.4) is 0 Å². The number of carbonyl (C=O) groups is 1. The van der Waals surface area contributed by atoms with Crippen LogP contribution in [0.25, 0.3) is 0 Å². The maximum atomic E-state index is 13.1. The van der Waals surface area contributed by atoms with Crippen LogP contribution in [0, 0.1) is 5.92 Å². The molecule has 3 rings (SSSR count). The number of carbonyl (C=O) groups excluding carboxylic acids is 1. The first-order valence-corrected chi connectivity index (χ1v) is 11.4. The van der Waals surface area contributed by atoms with Crippen LogP contribution in [0.2, 0.25) is 0 Å². The molecule has 7 heteroatoms. The maximum absolute atomic E-state index is 13.1. The van der Waals surface area contributed by atoms with E-state index in [2.05, 4.69) is 11.6 Å². The van der Waals surface area contributed by atoms with E-state index in [1.54, 1.807) is 19.1 Å². The largest absolute Gasteiger partial charge is 0.342 e. The standard InChI is InChI=1S/C20H31N3O3S/c1-15-5-3-4-10-20(15,14-21)22-27(25,26)19-7-6-17-8-11-23(16(2)24)12-9-18(17)13-19/h6-7,13,15,22H,3-5,8-12,14,21H2,1-2H3. The summed E-state index contributed by atoms with van der Waals surface area (Å²) in [5, 5.41) is 0. The van der Waals surface area contributed by atoms with E-state index in [1.165, 1.54) is 0 Å². The minimum Gasteiger partial charge on any atom is -0.342 e. The maximum Gasteiger partial charge on any atom is 0.241 e. The molecule has 27 heavy (non-hydrogen) atoms. The first-order valence-electron chi connectivity index (χ1n) is 9.89. The molecule has 0 bridgehead atoms. The molecule has 1 aliphatic carbocycles. The lowest BCUT2D eigenvalue weighted by molar-refractivity contribution is -0.128. The van der Waals surface area contributed by atoms with Gasteiger partial charge in [-0.25, -0.2) is 13.1 Å². The Morgan fingerprint density at radius 2 is 1.96 bits per heavy atom. The van der Waals surface area contributed by atoms with Gasteiger partial charge in [0.05, 0.1) is 4.90 Å². The molecule has 2 aliphatic rings. The van der Waals surface area contributed by atoms with Crippen LogP contribution in [0.1, 0.15) is 50.7 Å². The lowest BCUT2D eigenvalue weighted by Gasteiger charge is -2.42. The van der Waals surface area contributed by atoms with Crippen molar-refractivity contribution in [1.29, 1.82) is 0 Å². The van der Waals surface area contributed by atoms with Crippen molar-refractivity contribution in [2.75, 3.05) is 19.6 Å². The summed E-state index contributed by atoms with van der Waals surface area (Å²) in [6.45, 7) is 5.28. The molecule has 3 N–H and O–H groups in total. The normalized spacial score (nSPS) is 26.3. The van der Waals surface area contributed by atoms with E-state index in [0.29, 0.717) is 31.0 Å². The highest BCUT2D eigenvalue weighted by atomic mass is 32.2. The van der Waals surface area contributed by atoms with E-state index in [0.717, 1.165) is 43.2 Å². The van der Waals surface area contributed by atoms with Crippen LogP contribution < -0.4 is 10.5 Å². The predicted octanol–water partition coefficient (Wildman–Crippen LogP) is 1.82. The number of amides is 1. The Bertz CT molecular complexity index is 809. The SMILES string of the molecule is CC(=O)N1CCc2ccc(S(=O)(=O)NC3(CN)CCCCC3C)cc2CC1. The zero-order valence-corrected chi connectivity index (χ0v) is 17.1. The minimum atomic E-state index is -3.65. The third-order valence-corrected chi connectivity index (χ3v) is 7.94. The Morgan fingerprint density at radius 1 is 1.26 bits per heavy atom. The smallest absolute Gasteiger partial charge is 0.241 e. The second kappa shape index (κ2) is 7.89. The fourth-order valence-corrected chi connectivity index (χ4v) is 6.00. The van der Waals surface area contributed by atoms with Gasteiger partial charge in [-0.05, 0) is 54.9 Å². The van der Waals surface area contributed by atoms with Crippen LogP contribution in [0.15, 0.2) is 23.1 Å². The molecule has 0 saturated heterocycles. The molecule has 1 amide bonds. The highest BCUT2D eigenvalue weighted by Crippen LogP contribution is 2.34. The van der Waals surface area contributed by atoms with Gasteiger partial charge in [-0.2, -0.15) is 0 Å². The Morgan fingerprint density at radius 3 is 2.59 bits per heavy atom. The zero-order valence-electron chi connectivity index (χ0n) is 16.3. The molecule has 150 valence electrons. The number of nitrogens with one attached hydrogen (secondary N) is 1. The third-order valence-electron chi connectivity index (χ3n) is 6.39. The molecule has 0 spiro atoms. The van der Waals surface area contributed by atoms with Crippen molar-refractivity contribution in [3.05, 3.63) is 29.3 Å². The highest BCUT2D eigenvalue weighted by Gasteiger charge is 2.40. The first-order chi connectivity index (χ1) is 12.8. The molecule has 1 aromatic carbocycles. The summed E-state index contributed by atoms with van der Waals surface area (Å²) in [5.74, 6) is 0.282. The molecule has 2 unspecified atom stereocenters. The van der Waals surface area contributed by atoms with Gasteiger partial charge in [0.15, 0.2) is 0 Å². The van der Waals surface area contributed by atoms with Gasteiger partial charge >= 0.3 is 0 Å². The van der Waals surface area contributed by atoms with Crippen LogP contribution >= 0.6 is 0 Å². The van der Waals surface area contributed by atoms with E-state index in [1.807, 2.05) is 11.0 Å². The van der Waals surface area contributed by atoms with Crippen molar-refractivity contribution in [1.82, 2.24) is 9.62 Å². The number of fused-ring (bicyclic) bond motifs is 1. The van der Waals surface area contributed by atoms with Crippen LogP contribution in [-0.2, 0) is 27.7 Å². The molecule has 0 aromatic heterocycles. The number of rotatable bonds is 4. The van der Waals surface area contributed by atoms with Crippen LogP contribution in [0.5, 0.6) is 0 Å². The van der Waals surface area contributed by atoms with Crippen molar-refractivity contribution < 1.29 is 13.2 Å². The second-order valence-corrected chi connectivity index (χ2v) is 9.73. The summed E-state index contributed by atoms with van der Waals surface area (Å²) in [7, 11) is -3.65. The Kier molecular flexibility index (Phi) is 5.93. The number of benzene rings is 1. The summed E-state index contributed by atoms with van der Waals surface area (Å²) in [5.41, 5.74) is 7.60. The van der Waals surface area contributed by atoms with Crippen LogP contribution in [0.4, 0.5) is 0 Å². The number of hydrogen-bond acceptors (Lipinski definition) is 4. The van der Waals surface area contributed by atoms with Crippen LogP contribution in [-0.4, -0.2) is 44.4 Å². The second-order valence-electron chi connectivity index (χ2n) is 8.05. The van der Waals surface area contributed by atoms with Crippen molar-refractivity contribution in [3.63, 3.8) is 0 Å². The van der Waals surface area contributed by atoms with Gasteiger partial charge in [-0.3, -0.25) is 4.79 Å². The topological polar surface area (TPSA) is 92.5 Å². The molecule has 1 fully saturated rings. The molecule has 6 nitrogen and oxygen atoms in total. The molecular formula is C20H31N3O3S. The van der Waals surface area contributed by atoms with Gasteiger partial charge in [0, 0.05) is 32.1 Å². The molecule has 1 saturated carbocycles. The monoisotopic (exact) mass is 393 g/mol. The van der Waals surface area contributed by atoms with E-state index >= 15 is 0 Å². The number of nitrogens with zero attached hydrogens (tertiary/aromatic N) is 1. The molecule has 0 radical (unpaired) electrons. The average Bonchev–Trinajstić information content (AvgIpc) is 2.85. The van der Waals surface area contributed by atoms with Gasteiger partial charge in [-0.15, -0.1) is 0 Å². The Hall–Kier alpha value is -1.44. The lowest BCUT2D eigenvalue weighted by Crippen LogP contribution is -2.58. The van der Waals surface area contributed by atoms with Gasteiger partial charge < -0.3 is 10.6 Å². The number of hydrogen-bond donors (Lipinski definition) is 2. The lowest BCUT2D eigenvalue weighted by atomic mass is 9.74. The summed E-state index contributed by atoms with van der Waals surface area (Å²) < 4.78 is 29.2. The molecule has 2 atom stereocenters. The molecule has 1 aliphatic heterocycles. The minimum absolute atomic E-state index is 0.0634.